The number of carbonyl (C=O) groups is 2. The van der Waals surface area contributed by atoms with Crippen LogP contribution in [0.3, 0.4) is 0 Å². The molecule has 0 aromatic heterocycles. The lowest BCUT2D eigenvalue weighted by molar-refractivity contribution is 0.0490. The third kappa shape index (κ3) is 3.95. The summed E-state index contributed by atoms with van der Waals surface area (Å²) in [7, 11) is 0. The summed E-state index contributed by atoms with van der Waals surface area (Å²) >= 11 is 4.31. The predicted molar refractivity (Wildman–Crippen MR) is 142 cm³/mol. The Balaban J connectivity index is 1.58. The van der Waals surface area contributed by atoms with E-state index >= 15 is 0 Å². The highest BCUT2D eigenvalue weighted by Crippen LogP contribution is 2.34. The highest BCUT2D eigenvalue weighted by Gasteiger charge is 2.35. The molecule has 4 aromatic carbocycles. The standard InChI is InChI=1S/C25H17I2N3O2/c26-18-11-12-22-20(14-18)25(32)30(29-24(31)19-7-3-4-8-21(19)27)23(28-22)17-10-9-15-5-1-2-6-16(15)13-17/h1-14,23,28H,(H,29,31). The summed E-state index contributed by atoms with van der Waals surface area (Å²) in [5, 5.41) is 7.02. The summed E-state index contributed by atoms with van der Waals surface area (Å²) in [6.45, 7) is 0. The first-order valence-corrected chi connectivity index (χ1v) is 12.1. The topological polar surface area (TPSA) is 61.4 Å². The van der Waals surface area contributed by atoms with Crippen LogP contribution in [0.4, 0.5) is 5.69 Å². The average Bonchev–Trinajstić information content (AvgIpc) is 2.81. The van der Waals surface area contributed by atoms with Crippen molar-refractivity contribution in [3.8, 4) is 0 Å². The second-order valence-corrected chi connectivity index (χ2v) is 9.85. The van der Waals surface area contributed by atoms with Crippen LogP contribution >= 0.6 is 45.2 Å². The number of nitrogens with zero attached hydrogens (tertiary/aromatic N) is 1. The molecule has 5 nitrogen and oxygen atoms in total. The van der Waals surface area contributed by atoms with Gasteiger partial charge >= 0.3 is 0 Å². The summed E-state index contributed by atoms with van der Waals surface area (Å²) in [4.78, 5) is 26.6. The maximum atomic E-state index is 13.5. The first kappa shape index (κ1) is 21.2. The molecule has 0 bridgehead atoms. The van der Waals surface area contributed by atoms with Gasteiger partial charge in [-0.15, -0.1) is 0 Å². The smallest absolute Gasteiger partial charge is 0.276 e. The number of halogens is 2. The van der Waals surface area contributed by atoms with Gasteiger partial charge in [-0.1, -0.05) is 48.5 Å². The van der Waals surface area contributed by atoms with E-state index in [0.29, 0.717) is 11.1 Å². The van der Waals surface area contributed by atoms with Crippen LogP contribution in [0.2, 0.25) is 0 Å². The second-order valence-electron chi connectivity index (χ2n) is 7.44. The zero-order valence-electron chi connectivity index (χ0n) is 16.7. The molecule has 0 saturated heterocycles. The zero-order chi connectivity index (χ0) is 22.2. The molecule has 1 heterocycles. The van der Waals surface area contributed by atoms with Crippen molar-refractivity contribution in [2.45, 2.75) is 6.17 Å². The summed E-state index contributed by atoms with van der Waals surface area (Å²) in [6.07, 6.45) is -0.551. The highest BCUT2D eigenvalue weighted by molar-refractivity contribution is 14.1. The summed E-state index contributed by atoms with van der Waals surface area (Å²) in [5.74, 6) is -0.584. The van der Waals surface area contributed by atoms with Crippen molar-refractivity contribution >= 4 is 73.5 Å². The van der Waals surface area contributed by atoms with Crippen molar-refractivity contribution in [1.29, 1.82) is 0 Å². The number of hydrogen-bond acceptors (Lipinski definition) is 3. The largest absolute Gasteiger partial charge is 0.359 e. The molecule has 0 saturated carbocycles. The molecule has 2 N–H and O–H groups in total. The van der Waals surface area contributed by atoms with Crippen LogP contribution in [0.25, 0.3) is 10.8 Å². The van der Waals surface area contributed by atoms with Crippen molar-refractivity contribution in [3.63, 3.8) is 0 Å². The number of fused-ring (bicyclic) bond motifs is 2. The molecule has 32 heavy (non-hydrogen) atoms. The Labute approximate surface area is 212 Å². The molecule has 0 fully saturated rings. The number of amides is 2. The number of nitrogens with one attached hydrogen (secondary N) is 2. The number of rotatable bonds is 3. The van der Waals surface area contributed by atoms with Gasteiger partial charge in [0, 0.05) is 12.8 Å². The maximum Gasteiger partial charge on any atom is 0.276 e. The van der Waals surface area contributed by atoms with E-state index in [1.54, 1.807) is 6.07 Å². The first-order valence-electron chi connectivity index (χ1n) is 9.95. The molecule has 1 unspecified atom stereocenters. The lowest BCUT2D eigenvalue weighted by atomic mass is 10.0. The molecule has 1 aliphatic rings. The minimum atomic E-state index is -0.551. The van der Waals surface area contributed by atoms with E-state index in [4.69, 9.17) is 0 Å². The fourth-order valence-electron chi connectivity index (χ4n) is 3.82. The molecule has 1 aliphatic heterocycles. The van der Waals surface area contributed by atoms with E-state index in [9.17, 15) is 9.59 Å². The second kappa shape index (κ2) is 8.70. The average molecular weight is 645 g/mol. The number of benzene rings is 4. The Morgan fingerprint density at radius 1 is 0.875 bits per heavy atom. The molecule has 0 aliphatic carbocycles. The Hall–Kier alpha value is -2.66. The monoisotopic (exact) mass is 645 g/mol. The zero-order valence-corrected chi connectivity index (χ0v) is 21.0. The van der Waals surface area contributed by atoms with E-state index in [1.165, 1.54) is 5.01 Å². The fraction of sp³-hybridized carbons (Fsp3) is 0.0400. The molecule has 0 spiro atoms. The van der Waals surface area contributed by atoms with Gasteiger partial charge in [0.2, 0.25) is 0 Å². The van der Waals surface area contributed by atoms with Crippen molar-refractivity contribution < 1.29 is 9.59 Å². The number of hydrazine groups is 1. The van der Waals surface area contributed by atoms with Gasteiger partial charge < -0.3 is 5.32 Å². The van der Waals surface area contributed by atoms with Gasteiger partial charge in [0.15, 0.2) is 0 Å². The lowest BCUT2D eigenvalue weighted by Gasteiger charge is -2.38. The Morgan fingerprint density at radius 2 is 1.62 bits per heavy atom. The number of carbonyl (C=O) groups excluding carboxylic acids is 2. The molecular weight excluding hydrogens is 628 g/mol. The van der Waals surface area contributed by atoms with Gasteiger partial charge in [-0.25, -0.2) is 5.01 Å². The highest BCUT2D eigenvalue weighted by atomic mass is 127. The van der Waals surface area contributed by atoms with Crippen LogP contribution in [0.5, 0.6) is 0 Å². The van der Waals surface area contributed by atoms with Gasteiger partial charge in [0.1, 0.15) is 6.17 Å². The van der Waals surface area contributed by atoms with E-state index in [0.717, 1.165) is 29.2 Å². The quantitative estimate of drug-likeness (QED) is 0.271. The van der Waals surface area contributed by atoms with Crippen molar-refractivity contribution in [2.75, 3.05) is 5.32 Å². The third-order valence-electron chi connectivity index (χ3n) is 5.41. The molecule has 5 rings (SSSR count). The Bertz CT molecular complexity index is 1370. The summed E-state index contributed by atoms with van der Waals surface area (Å²) in [6, 6.07) is 27.1. The summed E-state index contributed by atoms with van der Waals surface area (Å²) in [5.41, 5.74) is 5.53. The third-order valence-corrected chi connectivity index (χ3v) is 7.02. The van der Waals surface area contributed by atoms with Crippen molar-refractivity contribution in [2.24, 2.45) is 0 Å². The van der Waals surface area contributed by atoms with Gasteiger partial charge in [-0.05, 0) is 97.9 Å². The van der Waals surface area contributed by atoms with Crippen LogP contribution in [-0.4, -0.2) is 16.8 Å². The van der Waals surface area contributed by atoms with Crippen molar-refractivity contribution in [1.82, 2.24) is 10.4 Å². The predicted octanol–water partition coefficient (Wildman–Crippen LogP) is 5.96. The van der Waals surface area contributed by atoms with Crippen molar-refractivity contribution in [3.05, 3.63) is 109 Å². The molecule has 0 radical (unpaired) electrons. The molecular formula is C25H17I2N3O2. The Morgan fingerprint density at radius 3 is 2.44 bits per heavy atom. The minimum absolute atomic E-state index is 0.255. The Kier molecular flexibility index (Phi) is 5.76. The molecule has 4 aromatic rings. The summed E-state index contributed by atoms with van der Waals surface area (Å²) < 4.78 is 1.77. The molecule has 1 atom stereocenters. The number of hydrogen-bond donors (Lipinski definition) is 2. The minimum Gasteiger partial charge on any atom is -0.359 e. The molecule has 2 amide bonds. The van der Waals surface area contributed by atoms with E-state index in [2.05, 4.69) is 55.9 Å². The van der Waals surface area contributed by atoms with E-state index in [1.807, 2.05) is 78.9 Å². The van der Waals surface area contributed by atoms with Gasteiger partial charge in [-0.3, -0.25) is 15.0 Å². The van der Waals surface area contributed by atoms with Crippen LogP contribution in [0, 0.1) is 7.14 Å². The lowest BCUT2D eigenvalue weighted by Crippen LogP contribution is -2.53. The van der Waals surface area contributed by atoms with E-state index in [-0.39, 0.29) is 11.8 Å². The number of anilines is 1. The van der Waals surface area contributed by atoms with Gasteiger partial charge in [0.25, 0.3) is 11.8 Å². The van der Waals surface area contributed by atoms with Crippen LogP contribution in [0.1, 0.15) is 32.4 Å². The van der Waals surface area contributed by atoms with Crippen LogP contribution < -0.4 is 10.7 Å². The van der Waals surface area contributed by atoms with Crippen LogP contribution in [-0.2, 0) is 0 Å². The normalized spacial score (nSPS) is 15.2. The first-order chi connectivity index (χ1) is 15.5. The van der Waals surface area contributed by atoms with Gasteiger partial charge in [0.05, 0.1) is 11.1 Å². The molecule has 7 heteroatoms. The SMILES string of the molecule is O=C(NN1C(=O)c2cc(I)ccc2NC1c1ccc2ccccc2c1)c1ccccc1I. The maximum absolute atomic E-state index is 13.5. The van der Waals surface area contributed by atoms with Crippen LogP contribution in [0.15, 0.2) is 84.9 Å². The fourth-order valence-corrected chi connectivity index (χ4v) is 4.94. The van der Waals surface area contributed by atoms with E-state index < -0.39 is 6.17 Å². The van der Waals surface area contributed by atoms with Gasteiger partial charge in [-0.2, -0.15) is 0 Å². The molecule has 158 valence electrons.